The van der Waals surface area contributed by atoms with Gasteiger partial charge in [0.2, 0.25) is 11.8 Å². The molecule has 6 heteroatoms. The minimum atomic E-state index is 0.00465. The molecule has 0 aliphatic heterocycles. The summed E-state index contributed by atoms with van der Waals surface area (Å²) in [7, 11) is 1.82. The third-order valence-corrected chi connectivity index (χ3v) is 3.21. The molecular weight excluding hydrogens is 250 g/mol. The predicted molar refractivity (Wildman–Crippen MR) is 70.2 cm³/mol. The maximum Gasteiger partial charge on any atom is 0.236 e. The molecule has 96 valence electrons. The molecule has 0 fully saturated rings. The number of nitrogens with zero attached hydrogens (tertiary/aromatic N) is 1. The highest BCUT2D eigenvalue weighted by Gasteiger charge is 2.08. The Morgan fingerprint density at radius 1 is 1.56 bits per heavy atom. The van der Waals surface area contributed by atoms with E-state index in [0.29, 0.717) is 25.4 Å². The second-order valence-corrected chi connectivity index (χ2v) is 4.70. The van der Waals surface area contributed by atoms with Crippen molar-refractivity contribution in [2.45, 2.75) is 13.0 Å². The fourth-order valence-corrected chi connectivity index (χ4v) is 2.07. The van der Waals surface area contributed by atoms with Crippen LogP contribution in [-0.4, -0.2) is 24.5 Å². The van der Waals surface area contributed by atoms with Gasteiger partial charge in [-0.15, -0.1) is 11.3 Å². The highest BCUT2D eigenvalue weighted by molar-refractivity contribution is 7.13. The highest BCUT2D eigenvalue weighted by Crippen LogP contribution is 2.23. The van der Waals surface area contributed by atoms with E-state index in [-0.39, 0.29) is 5.91 Å². The van der Waals surface area contributed by atoms with Gasteiger partial charge in [0, 0.05) is 13.0 Å². The van der Waals surface area contributed by atoms with Crippen LogP contribution in [0.2, 0.25) is 0 Å². The standard InChI is InChI=1S/C12H15N3O2S/c1-13-5-4-11(16)14-7-9-8-17-12(15-9)10-3-2-6-18-10/h2-3,6,8,13H,4-5,7H2,1H3,(H,14,16). The Bertz CT molecular complexity index is 493. The smallest absolute Gasteiger partial charge is 0.236 e. The molecule has 0 radical (unpaired) electrons. The molecule has 2 aromatic heterocycles. The minimum Gasteiger partial charge on any atom is -0.443 e. The monoisotopic (exact) mass is 265 g/mol. The highest BCUT2D eigenvalue weighted by atomic mass is 32.1. The van der Waals surface area contributed by atoms with Crippen molar-refractivity contribution < 1.29 is 9.21 Å². The number of hydrogen-bond donors (Lipinski definition) is 2. The summed E-state index contributed by atoms with van der Waals surface area (Å²) in [5.74, 6) is 0.606. The van der Waals surface area contributed by atoms with Gasteiger partial charge in [-0.05, 0) is 18.5 Å². The molecule has 0 aliphatic carbocycles. The van der Waals surface area contributed by atoms with Crippen LogP contribution < -0.4 is 10.6 Å². The maximum absolute atomic E-state index is 11.4. The zero-order valence-corrected chi connectivity index (χ0v) is 10.9. The summed E-state index contributed by atoms with van der Waals surface area (Å²) in [5.41, 5.74) is 0.733. The van der Waals surface area contributed by atoms with Crippen molar-refractivity contribution in [1.82, 2.24) is 15.6 Å². The Labute approximate surface area is 109 Å². The number of nitrogens with one attached hydrogen (secondary N) is 2. The molecule has 5 nitrogen and oxygen atoms in total. The molecule has 2 heterocycles. The predicted octanol–water partition coefficient (Wildman–Crippen LogP) is 1.63. The van der Waals surface area contributed by atoms with Crippen molar-refractivity contribution in [2.24, 2.45) is 0 Å². The van der Waals surface area contributed by atoms with Crippen molar-refractivity contribution >= 4 is 17.2 Å². The molecular formula is C12H15N3O2S. The third-order valence-electron chi connectivity index (χ3n) is 2.35. The fraction of sp³-hybridized carbons (Fsp3) is 0.333. The molecule has 2 aromatic rings. The maximum atomic E-state index is 11.4. The first kappa shape index (κ1) is 12.8. The summed E-state index contributed by atoms with van der Waals surface area (Å²) in [5, 5.41) is 7.69. The van der Waals surface area contributed by atoms with Crippen molar-refractivity contribution in [1.29, 1.82) is 0 Å². The fourth-order valence-electron chi connectivity index (χ4n) is 1.42. The number of oxazole rings is 1. The first-order chi connectivity index (χ1) is 8.79. The first-order valence-electron chi connectivity index (χ1n) is 5.69. The Morgan fingerprint density at radius 3 is 3.17 bits per heavy atom. The van der Waals surface area contributed by atoms with Gasteiger partial charge in [-0.25, -0.2) is 4.98 Å². The van der Waals surface area contributed by atoms with Crippen LogP contribution in [0.15, 0.2) is 28.2 Å². The average Bonchev–Trinajstić information content (AvgIpc) is 3.03. The van der Waals surface area contributed by atoms with Gasteiger partial charge in [0.05, 0.1) is 17.1 Å². The summed E-state index contributed by atoms with van der Waals surface area (Å²) in [6.45, 7) is 1.07. The number of rotatable bonds is 6. The van der Waals surface area contributed by atoms with E-state index in [1.165, 1.54) is 0 Å². The van der Waals surface area contributed by atoms with Crippen LogP contribution in [-0.2, 0) is 11.3 Å². The summed E-state index contributed by atoms with van der Waals surface area (Å²) in [4.78, 5) is 16.7. The molecule has 18 heavy (non-hydrogen) atoms. The van der Waals surface area contributed by atoms with Crippen molar-refractivity contribution in [2.75, 3.05) is 13.6 Å². The van der Waals surface area contributed by atoms with Crippen molar-refractivity contribution in [3.63, 3.8) is 0 Å². The summed E-state index contributed by atoms with van der Waals surface area (Å²) in [6, 6.07) is 3.90. The Hall–Kier alpha value is -1.66. The van der Waals surface area contributed by atoms with E-state index >= 15 is 0 Å². The van der Waals surface area contributed by atoms with Gasteiger partial charge in [0.25, 0.3) is 0 Å². The van der Waals surface area contributed by atoms with Gasteiger partial charge in [-0.2, -0.15) is 0 Å². The quantitative estimate of drug-likeness (QED) is 0.833. The van der Waals surface area contributed by atoms with E-state index in [0.717, 1.165) is 10.6 Å². The summed E-state index contributed by atoms with van der Waals surface area (Å²) in [6.07, 6.45) is 2.04. The van der Waals surface area contributed by atoms with E-state index in [1.807, 2.05) is 24.6 Å². The second kappa shape index (κ2) is 6.32. The van der Waals surface area contributed by atoms with Crippen LogP contribution in [0.25, 0.3) is 10.8 Å². The molecule has 0 unspecified atom stereocenters. The number of amides is 1. The van der Waals surface area contributed by atoms with E-state index in [2.05, 4.69) is 15.6 Å². The zero-order chi connectivity index (χ0) is 12.8. The van der Waals surface area contributed by atoms with E-state index in [9.17, 15) is 4.79 Å². The lowest BCUT2D eigenvalue weighted by molar-refractivity contribution is -0.121. The third kappa shape index (κ3) is 3.41. The van der Waals surface area contributed by atoms with Gasteiger partial charge in [-0.3, -0.25) is 4.79 Å². The number of aromatic nitrogens is 1. The first-order valence-corrected chi connectivity index (χ1v) is 6.57. The SMILES string of the molecule is CNCCC(=O)NCc1coc(-c2cccs2)n1. The second-order valence-electron chi connectivity index (χ2n) is 3.75. The molecule has 0 bridgehead atoms. The molecule has 1 amide bonds. The molecule has 2 rings (SSSR count). The lowest BCUT2D eigenvalue weighted by atomic mass is 10.4. The number of thiophene rings is 1. The number of carbonyl (C=O) groups excluding carboxylic acids is 1. The largest absolute Gasteiger partial charge is 0.443 e. The Kier molecular flexibility index (Phi) is 4.49. The van der Waals surface area contributed by atoms with Crippen LogP contribution in [0.4, 0.5) is 0 Å². The van der Waals surface area contributed by atoms with Crippen LogP contribution in [0.5, 0.6) is 0 Å². The van der Waals surface area contributed by atoms with Gasteiger partial charge >= 0.3 is 0 Å². The zero-order valence-electron chi connectivity index (χ0n) is 10.1. The van der Waals surface area contributed by atoms with Gasteiger partial charge in [0.15, 0.2) is 0 Å². The Morgan fingerprint density at radius 2 is 2.44 bits per heavy atom. The van der Waals surface area contributed by atoms with Gasteiger partial charge < -0.3 is 15.1 Å². The molecule has 2 N–H and O–H groups in total. The Balaban J connectivity index is 1.86. The molecule has 0 aromatic carbocycles. The number of carbonyl (C=O) groups is 1. The number of hydrogen-bond acceptors (Lipinski definition) is 5. The molecule has 0 saturated heterocycles. The lowest BCUT2D eigenvalue weighted by Gasteiger charge is -2.01. The van der Waals surface area contributed by atoms with Crippen LogP contribution in [0.1, 0.15) is 12.1 Å². The van der Waals surface area contributed by atoms with Crippen LogP contribution >= 0.6 is 11.3 Å². The van der Waals surface area contributed by atoms with E-state index < -0.39 is 0 Å². The van der Waals surface area contributed by atoms with Crippen molar-refractivity contribution in [3.05, 3.63) is 29.5 Å². The molecule has 0 saturated carbocycles. The van der Waals surface area contributed by atoms with Crippen LogP contribution in [0, 0.1) is 0 Å². The summed E-state index contributed by atoms with van der Waals surface area (Å²) >= 11 is 1.57. The minimum absolute atomic E-state index is 0.00465. The topological polar surface area (TPSA) is 67.2 Å². The van der Waals surface area contributed by atoms with E-state index in [1.54, 1.807) is 17.6 Å². The summed E-state index contributed by atoms with van der Waals surface area (Å²) < 4.78 is 5.36. The normalized spacial score (nSPS) is 10.5. The average molecular weight is 265 g/mol. The van der Waals surface area contributed by atoms with Gasteiger partial charge in [-0.1, -0.05) is 6.07 Å². The van der Waals surface area contributed by atoms with Crippen molar-refractivity contribution in [3.8, 4) is 10.8 Å². The van der Waals surface area contributed by atoms with Crippen LogP contribution in [0.3, 0.4) is 0 Å². The van der Waals surface area contributed by atoms with Gasteiger partial charge in [0.1, 0.15) is 6.26 Å². The molecule has 0 aliphatic rings. The molecule has 0 atom stereocenters. The molecule has 0 spiro atoms. The van der Waals surface area contributed by atoms with E-state index in [4.69, 9.17) is 4.42 Å². The lowest BCUT2D eigenvalue weighted by Crippen LogP contribution is -2.26.